The van der Waals surface area contributed by atoms with Crippen LogP contribution in [0.4, 0.5) is 0 Å². The number of hydrogen-bond donors (Lipinski definition) is 0. The van der Waals surface area contributed by atoms with Crippen LogP contribution in [-0.4, -0.2) is 25.0 Å². The zero-order valence-electron chi connectivity index (χ0n) is 13.2. The van der Waals surface area contributed by atoms with E-state index < -0.39 is 0 Å². The minimum absolute atomic E-state index is 0.185. The molecule has 0 aliphatic heterocycles. The van der Waals surface area contributed by atoms with E-state index in [4.69, 9.17) is 9.68 Å². The molecule has 2 heterocycles. The van der Waals surface area contributed by atoms with Gasteiger partial charge in [0.2, 0.25) is 11.8 Å². The van der Waals surface area contributed by atoms with Gasteiger partial charge in [-0.15, -0.1) is 20.4 Å². The van der Waals surface area contributed by atoms with E-state index in [1.165, 1.54) is 0 Å². The highest BCUT2D eigenvalue weighted by atomic mass is 16.4. The van der Waals surface area contributed by atoms with Crippen molar-refractivity contribution < 1.29 is 4.42 Å². The van der Waals surface area contributed by atoms with Crippen LogP contribution >= 0.6 is 0 Å². The summed E-state index contributed by atoms with van der Waals surface area (Å²) in [4.78, 5) is 0. The minimum Gasteiger partial charge on any atom is -0.423 e. The van der Waals surface area contributed by atoms with Crippen molar-refractivity contribution in [3.05, 3.63) is 47.4 Å². The van der Waals surface area contributed by atoms with Crippen LogP contribution in [0.1, 0.15) is 42.9 Å². The standard InChI is InChI=1S/C16H16N6O/c1-10(2)16-21-19-14(23-16)9-22-11(3)18-20-15(22)13-6-4-5-12(7-13)8-17/h4-7,10H,9H2,1-3H3. The highest BCUT2D eigenvalue weighted by molar-refractivity contribution is 5.58. The van der Waals surface area contributed by atoms with Gasteiger partial charge in [-0.05, 0) is 19.1 Å². The molecule has 0 fully saturated rings. The Morgan fingerprint density at radius 2 is 2.04 bits per heavy atom. The van der Waals surface area contributed by atoms with Crippen molar-refractivity contribution >= 4 is 0 Å². The van der Waals surface area contributed by atoms with Gasteiger partial charge in [-0.1, -0.05) is 26.0 Å². The normalized spacial score (nSPS) is 10.9. The second kappa shape index (κ2) is 6.01. The van der Waals surface area contributed by atoms with Crippen molar-refractivity contribution in [1.82, 2.24) is 25.0 Å². The maximum absolute atomic E-state index is 9.05. The lowest BCUT2D eigenvalue weighted by atomic mass is 10.1. The SMILES string of the molecule is Cc1nnc(-c2cccc(C#N)c2)n1Cc1nnc(C(C)C)o1. The van der Waals surface area contributed by atoms with Gasteiger partial charge in [0.15, 0.2) is 5.82 Å². The molecule has 0 amide bonds. The first-order valence-corrected chi connectivity index (χ1v) is 7.31. The first-order chi connectivity index (χ1) is 11.1. The fourth-order valence-electron chi connectivity index (χ4n) is 2.21. The molecule has 7 nitrogen and oxygen atoms in total. The third-order valence-electron chi connectivity index (χ3n) is 3.46. The van der Waals surface area contributed by atoms with Gasteiger partial charge in [-0.25, -0.2) is 0 Å². The third kappa shape index (κ3) is 2.97. The predicted molar refractivity (Wildman–Crippen MR) is 82.4 cm³/mol. The maximum atomic E-state index is 9.05. The van der Waals surface area contributed by atoms with Crippen LogP contribution in [-0.2, 0) is 6.54 Å². The lowest BCUT2D eigenvalue weighted by Crippen LogP contribution is -2.05. The molecule has 2 aromatic heterocycles. The molecule has 0 aliphatic carbocycles. The Labute approximate surface area is 133 Å². The first kappa shape index (κ1) is 14.9. The number of benzene rings is 1. The summed E-state index contributed by atoms with van der Waals surface area (Å²) in [6, 6.07) is 9.39. The van der Waals surface area contributed by atoms with E-state index in [-0.39, 0.29) is 5.92 Å². The van der Waals surface area contributed by atoms with Crippen LogP contribution in [0.15, 0.2) is 28.7 Å². The Morgan fingerprint density at radius 3 is 2.74 bits per heavy atom. The van der Waals surface area contributed by atoms with E-state index in [9.17, 15) is 0 Å². The summed E-state index contributed by atoms with van der Waals surface area (Å²) in [6.45, 7) is 6.26. The molecule has 0 bridgehead atoms. The van der Waals surface area contributed by atoms with E-state index in [2.05, 4.69) is 26.5 Å². The van der Waals surface area contributed by atoms with Crippen molar-refractivity contribution in [3.8, 4) is 17.5 Å². The van der Waals surface area contributed by atoms with E-state index >= 15 is 0 Å². The summed E-state index contributed by atoms with van der Waals surface area (Å²) in [5.41, 5.74) is 1.41. The van der Waals surface area contributed by atoms with Gasteiger partial charge in [0.05, 0.1) is 11.6 Å². The van der Waals surface area contributed by atoms with Crippen molar-refractivity contribution in [1.29, 1.82) is 5.26 Å². The molecule has 0 atom stereocenters. The summed E-state index contributed by atoms with van der Waals surface area (Å²) in [7, 11) is 0. The fourth-order valence-corrected chi connectivity index (χ4v) is 2.21. The second-order valence-corrected chi connectivity index (χ2v) is 5.54. The first-order valence-electron chi connectivity index (χ1n) is 7.31. The zero-order valence-corrected chi connectivity index (χ0v) is 13.2. The zero-order chi connectivity index (χ0) is 16.4. The Morgan fingerprint density at radius 1 is 1.22 bits per heavy atom. The molecule has 23 heavy (non-hydrogen) atoms. The number of aryl methyl sites for hydroxylation is 1. The van der Waals surface area contributed by atoms with Crippen molar-refractivity contribution in [2.45, 2.75) is 33.2 Å². The summed E-state index contributed by atoms with van der Waals surface area (Å²) in [5.74, 6) is 2.72. The second-order valence-electron chi connectivity index (χ2n) is 5.54. The van der Waals surface area contributed by atoms with Crippen molar-refractivity contribution in [3.63, 3.8) is 0 Å². The van der Waals surface area contributed by atoms with Crippen LogP contribution in [0, 0.1) is 18.3 Å². The largest absolute Gasteiger partial charge is 0.423 e. The van der Waals surface area contributed by atoms with Crippen LogP contribution in [0.3, 0.4) is 0 Å². The summed E-state index contributed by atoms with van der Waals surface area (Å²) >= 11 is 0. The third-order valence-corrected chi connectivity index (χ3v) is 3.46. The van der Waals surface area contributed by atoms with E-state index in [0.29, 0.717) is 29.7 Å². The van der Waals surface area contributed by atoms with Gasteiger partial charge in [0.25, 0.3) is 0 Å². The number of nitrogens with zero attached hydrogens (tertiary/aromatic N) is 6. The van der Waals surface area contributed by atoms with Gasteiger partial charge in [0, 0.05) is 11.5 Å². The number of hydrogen-bond acceptors (Lipinski definition) is 6. The summed E-state index contributed by atoms with van der Waals surface area (Å²) in [5, 5.41) is 25.5. The predicted octanol–water partition coefficient (Wildman–Crippen LogP) is 2.68. The van der Waals surface area contributed by atoms with Crippen LogP contribution in [0.25, 0.3) is 11.4 Å². The molecule has 0 saturated heterocycles. The Bertz CT molecular complexity index is 871. The number of aromatic nitrogens is 5. The highest BCUT2D eigenvalue weighted by Crippen LogP contribution is 2.21. The maximum Gasteiger partial charge on any atom is 0.236 e. The van der Waals surface area contributed by atoms with Crippen LogP contribution < -0.4 is 0 Å². The van der Waals surface area contributed by atoms with Crippen LogP contribution in [0.2, 0.25) is 0 Å². The van der Waals surface area contributed by atoms with Crippen LogP contribution in [0.5, 0.6) is 0 Å². The van der Waals surface area contributed by atoms with Gasteiger partial charge in [-0.3, -0.25) is 0 Å². The number of rotatable bonds is 4. The van der Waals surface area contributed by atoms with E-state index in [1.807, 2.05) is 37.5 Å². The van der Waals surface area contributed by atoms with Gasteiger partial charge in [-0.2, -0.15) is 5.26 Å². The van der Waals surface area contributed by atoms with Crippen molar-refractivity contribution in [2.75, 3.05) is 0 Å². The molecule has 1 aromatic carbocycles. The summed E-state index contributed by atoms with van der Waals surface area (Å²) < 4.78 is 7.56. The Hall–Kier alpha value is -3.01. The topological polar surface area (TPSA) is 93.4 Å². The lowest BCUT2D eigenvalue weighted by molar-refractivity contribution is 0.422. The molecule has 0 unspecified atom stereocenters. The molecular weight excluding hydrogens is 292 g/mol. The van der Waals surface area contributed by atoms with Gasteiger partial charge >= 0.3 is 0 Å². The Kier molecular flexibility index (Phi) is 3.89. The van der Waals surface area contributed by atoms with Crippen molar-refractivity contribution in [2.24, 2.45) is 0 Å². The molecule has 0 radical (unpaired) electrons. The Balaban J connectivity index is 1.96. The van der Waals surface area contributed by atoms with E-state index in [0.717, 1.165) is 11.4 Å². The highest BCUT2D eigenvalue weighted by Gasteiger charge is 2.16. The van der Waals surface area contributed by atoms with Gasteiger partial charge in [0.1, 0.15) is 12.4 Å². The molecule has 3 aromatic rings. The molecular formula is C16H16N6O. The molecule has 116 valence electrons. The molecule has 0 N–H and O–H groups in total. The molecule has 0 saturated carbocycles. The quantitative estimate of drug-likeness (QED) is 0.735. The fraction of sp³-hybridized carbons (Fsp3) is 0.312. The minimum atomic E-state index is 0.185. The molecule has 3 rings (SSSR count). The smallest absolute Gasteiger partial charge is 0.236 e. The molecule has 7 heteroatoms. The lowest BCUT2D eigenvalue weighted by Gasteiger charge is -2.06. The van der Waals surface area contributed by atoms with E-state index in [1.54, 1.807) is 12.1 Å². The summed E-state index contributed by atoms with van der Waals surface area (Å²) in [6.07, 6.45) is 0. The molecule has 0 spiro atoms. The van der Waals surface area contributed by atoms with Gasteiger partial charge < -0.3 is 8.98 Å². The molecule has 0 aliphatic rings. The average Bonchev–Trinajstić information content (AvgIpc) is 3.16. The average molecular weight is 308 g/mol. The number of nitriles is 1. The monoisotopic (exact) mass is 308 g/mol.